The van der Waals surface area contributed by atoms with Crippen LogP contribution in [0, 0.1) is 10.1 Å². The first-order chi connectivity index (χ1) is 9.59. The summed E-state index contributed by atoms with van der Waals surface area (Å²) in [7, 11) is 0. The van der Waals surface area contributed by atoms with Gasteiger partial charge in [-0.2, -0.15) is 0 Å². The Morgan fingerprint density at radius 3 is 2.75 bits per heavy atom. The van der Waals surface area contributed by atoms with Crippen molar-refractivity contribution in [2.24, 2.45) is 0 Å². The summed E-state index contributed by atoms with van der Waals surface area (Å²) in [4.78, 5) is 43.3. The van der Waals surface area contributed by atoms with Crippen molar-refractivity contribution in [1.82, 2.24) is 19.5 Å². The fourth-order valence-electron chi connectivity index (χ4n) is 1.94. The second-order valence-corrected chi connectivity index (χ2v) is 3.94. The number of nitro groups is 1. The van der Waals surface area contributed by atoms with Gasteiger partial charge in [-0.15, -0.1) is 0 Å². The van der Waals surface area contributed by atoms with Crippen molar-refractivity contribution in [3.05, 3.63) is 61.5 Å². The smallest absolute Gasteiger partial charge is 0.334 e. The van der Waals surface area contributed by atoms with Crippen molar-refractivity contribution < 1.29 is 4.92 Å². The molecular weight excluding hydrogens is 266 g/mol. The quantitative estimate of drug-likeness (QED) is 0.513. The van der Waals surface area contributed by atoms with E-state index in [1.54, 1.807) is 0 Å². The van der Waals surface area contributed by atoms with Crippen LogP contribution in [0.25, 0.3) is 16.9 Å². The number of nitro benzene ring substituents is 1. The fraction of sp³-hybridized carbons (Fsp3) is 0. The molecule has 1 aromatic carbocycles. The van der Waals surface area contributed by atoms with Crippen LogP contribution < -0.4 is 11.2 Å². The van der Waals surface area contributed by atoms with Gasteiger partial charge >= 0.3 is 5.69 Å². The molecule has 0 amide bonds. The summed E-state index contributed by atoms with van der Waals surface area (Å²) in [6.45, 7) is 0. The Kier molecular flexibility index (Phi) is 2.46. The lowest BCUT2D eigenvalue weighted by Gasteiger charge is -2.04. The monoisotopic (exact) mass is 273 g/mol. The minimum absolute atomic E-state index is 0.0720. The molecule has 0 radical (unpaired) electrons. The van der Waals surface area contributed by atoms with Gasteiger partial charge in [-0.3, -0.25) is 19.9 Å². The first-order valence-corrected chi connectivity index (χ1v) is 5.52. The summed E-state index contributed by atoms with van der Waals surface area (Å²) in [6, 6.07) is 5.51. The minimum Gasteiger partial charge on any atom is -0.339 e. The van der Waals surface area contributed by atoms with Gasteiger partial charge in [0.1, 0.15) is 11.2 Å². The molecule has 2 aromatic heterocycles. The maximum absolute atomic E-state index is 12.2. The summed E-state index contributed by atoms with van der Waals surface area (Å²) in [5.41, 5.74) is -1.74. The molecule has 0 aliphatic heterocycles. The van der Waals surface area contributed by atoms with Crippen LogP contribution in [0.5, 0.6) is 0 Å². The highest BCUT2D eigenvalue weighted by Crippen LogP contribution is 2.19. The molecule has 100 valence electrons. The fourth-order valence-corrected chi connectivity index (χ4v) is 1.94. The Bertz CT molecular complexity index is 936. The topological polar surface area (TPSA) is 127 Å². The average Bonchev–Trinajstić information content (AvgIpc) is 2.87. The lowest BCUT2D eigenvalue weighted by Crippen LogP contribution is -2.34. The number of hydrogen-bond donors (Lipinski definition) is 2. The lowest BCUT2D eigenvalue weighted by atomic mass is 10.2. The number of fused-ring (bicyclic) bond motifs is 1. The molecule has 0 bridgehead atoms. The van der Waals surface area contributed by atoms with E-state index in [2.05, 4.69) is 15.0 Å². The summed E-state index contributed by atoms with van der Waals surface area (Å²) < 4.78 is 0.707. The molecule has 0 saturated heterocycles. The molecule has 9 nitrogen and oxygen atoms in total. The molecule has 3 rings (SSSR count). The van der Waals surface area contributed by atoms with Crippen LogP contribution in [-0.2, 0) is 0 Å². The number of para-hydroxylation sites is 2. The molecule has 0 atom stereocenters. The highest BCUT2D eigenvalue weighted by molar-refractivity contribution is 5.69. The Morgan fingerprint density at radius 2 is 2.00 bits per heavy atom. The summed E-state index contributed by atoms with van der Waals surface area (Å²) >= 11 is 0. The molecule has 0 saturated carbocycles. The maximum Gasteiger partial charge on any atom is 0.334 e. The van der Waals surface area contributed by atoms with Gasteiger partial charge in [0.05, 0.1) is 11.3 Å². The molecule has 0 unspecified atom stereocenters. The zero-order chi connectivity index (χ0) is 14.3. The van der Waals surface area contributed by atoms with Crippen molar-refractivity contribution in [1.29, 1.82) is 0 Å². The maximum atomic E-state index is 12.2. The van der Waals surface area contributed by atoms with E-state index < -0.39 is 16.2 Å². The first-order valence-electron chi connectivity index (χ1n) is 5.52. The van der Waals surface area contributed by atoms with Crippen LogP contribution in [0.2, 0.25) is 0 Å². The van der Waals surface area contributed by atoms with Crippen molar-refractivity contribution in [2.75, 3.05) is 0 Å². The number of nitrogens with one attached hydrogen (secondary N) is 2. The van der Waals surface area contributed by atoms with Gasteiger partial charge in [-0.1, -0.05) is 12.1 Å². The summed E-state index contributed by atoms with van der Waals surface area (Å²) in [5.74, 6) is 0. The number of benzene rings is 1. The Hall–Kier alpha value is -3.23. The van der Waals surface area contributed by atoms with Gasteiger partial charge in [0.15, 0.2) is 5.65 Å². The zero-order valence-electron chi connectivity index (χ0n) is 9.86. The number of rotatable bonds is 2. The summed E-state index contributed by atoms with van der Waals surface area (Å²) in [6.07, 6.45) is 1.26. The Morgan fingerprint density at radius 1 is 1.25 bits per heavy atom. The van der Waals surface area contributed by atoms with Crippen LogP contribution >= 0.6 is 0 Å². The van der Waals surface area contributed by atoms with Crippen molar-refractivity contribution in [3.8, 4) is 5.69 Å². The number of aromatic amines is 2. The molecule has 2 N–H and O–H groups in total. The third-order valence-electron chi connectivity index (χ3n) is 2.80. The SMILES string of the molecule is O=c1[nH]c2nc[nH]c2c(=O)n1-c1ccccc1[N+](=O)[O-]. The minimum atomic E-state index is -0.788. The third kappa shape index (κ3) is 1.61. The average molecular weight is 273 g/mol. The normalized spacial score (nSPS) is 10.8. The second kappa shape index (κ2) is 4.16. The van der Waals surface area contributed by atoms with Gasteiger partial charge in [0.2, 0.25) is 0 Å². The molecule has 0 fully saturated rings. The van der Waals surface area contributed by atoms with E-state index >= 15 is 0 Å². The second-order valence-electron chi connectivity index (χ2n) is 3.94. The van der Waals surface area contributed by atoms with Gasteiger partial charge < -0.3 is 4.98 Å². The lowest BCUT2D eigenvalue weighted by molar-refractivity contribution is -0.384. The molecule has 0 aliphatic rings. The van der Waals surface area contributed by atoms with Crippen molar-refractivity contribution in [2.45, 2.75) is 0 Å². The van der Waals surface area contributed by atoms with E-state index in [0.29, 0.717) is 4.57 Å². The zero-order valence-corrected chi connectivity index (χ0v) is 9.86. The first kappa shape index (κ1) is 11.8. The van der Waals surface area contributed by atoms with Crippen LogP contribution in [0.3, 0.4) is 0 Å². The standard InChI is InChI=1S/C11H7N5O4/c17-10-8-9(13-5-12-8)14-11(18)15(10)6-3-1-2-4-7(6)16(19)20/h1-5H,(H,12,13)(H,14,18). The molecule has 0 spiro atoms. The molecule has 3 aromatic rings. The number of imidazole rings is 1. The van der Waals surface area contributed by atoms with Crippen molar-refractivity contribution >= 4 is 16.9 Å². The predicted molar refractivity (Wildman–Crippen MR) is 69.0 cm³/mol. The van der Waals surface area contributed by atoms with Gasteiger partial charge in [-0.25, -0.2) is 14.3 Å². The van der Waals surface area contributed by atoms with E-state index in [1.807, 2.05) is 0 Å². The van der Waals surface area contributed by atoms with Gasteiger partial charge in [-0.05, 0) is 6.07 Å². The number of nitrogens with zero attached hydrogens (tertiary/aromatic N) is 3. The number of aromatic nitrogens is 4. The largest absolute Gasteiger partial charge is 0.339 e. The van der Waals surface area contributed by atoms with E-state index in [1.165, 1.54) is 30.6 Å². The van der Waals surface area contributed by atoms with E-state index in [0.717, 1.165) is 0 Å². The van der Waals surface area contributed by atoms with Crippen LogP contribution in [0.15, 0.2) is 40.2 Å². The van der Waals surface area contributed by atoms with Crippen LogP contribution in [-0.4, -0.2) is 24.4 Å². The summed E-state index contributed by atoms with van der Waals surface area (Å²) in [5, 5.41) is 11.0. The Balaban J connectivity index is 2.44. The number of hydrogen-bond acceptors (Lipinski definition) is 5. The van der Waals surface area contributed by atoms with Gasteiger partial charge in [0.25, 0.3) is 11.2 Å². The highest BCUT2D eigenvalue weighted by Gasteiger charge is 2.19. The van der Waals surface area contributed by atoms with E-state index in [4.69, 9.17) is 0 Å². The highest BCUT2D eigenvalue weighted by atomic mass is 16.6. The third-order valence-corrected chi connectivity index (χ3v) is 2.80. The van der Waals surface area contributed by atoms with Crippen LogP contribution in [0.4, 0.5) is 5.69 Å². The Labute approximate surface area is 109 Å². The van der Waals surface area contributed by atoms with E-state index in [-0.39, 0.29) is 22.5 Å². The predicted octanol–water partition coefficient (Wildman–Crippen LogP) is 0.310. The van der Waals surface area contributed by atoms with Crippen LogP contribution in [0.1, 0.15) is 0 Å². The molecule has 2 heterocycles. The molecule has 0 aliphatic carbocycles. The molecule has 9 heteroatoms. The molecule has 20 heavy (non-hydrogen) atoms. The van der Waals surface area contributed by atoms with Crippen molar-refractivity contribution in [3.63, 3.8) is 0 Å². The van der Waals surface area contributed by atoms with Gasteiger partial charge in [0, 0.05) is 6.07 Å². The van der Waals surface area contributed by atoms with E-state index in [9.17, 15) is 19.7 Å². The number of H-pyrrole nitrogens is 2. The molecular formula is C11H7N5O4.